The van der Waals surface area contributed by atoms with Gasteiger partial charge in [-0.1, -0.05) is 72.5 Å². The molecule has 2 aliphatic rings. The normalized spacial score (nSPS) is 17.9. The number of rotatable bonds is 6. The van der Waals surface area contributed by atoms with Crippen LogP contribution in [0.4, 0.5) is 5.82 Å². The van der Waals surface area contributed by atoms with E-state index in [0.29, 0.717) is 15.8 Å². The second kappa shape index (κ2) is 10.3. The van der Waals surface area contributed by atoms with Crippen LogP contribution in [0.25, 0.3) is 17.0 Å². The van der Waals surface area contributed by atoms with Gasteiger partial charge in [0.25, 0.3) is 5.91 Å². The van der Waals surface area contributed by atoms with Gasteiger partial charge in [0.1, 0.15) is 10.1 Å². The Labute approximate surface area is 211 Å². The Kier molecular flexibility index (Phi) is 6.97. The number of fused-ring (bicyclic) bond motifs is 1. The van der Waals surface area contributed by atoms with Crippen LogP contribution in [0.3, 0.4) is 0 Å². The molecule has 0 atom stereocenters. The Morgan fingerprint density at radius 2 is 1.85 bits per heavy atom. The number of amides is 1. The number of carbonyl (C=O) groups excluding carboxylic acids is 1. The second-order valence-corrected chi connectivity index (χ2v) is 10.7. The van der Waals surface area contributed by atoms with Gasteiger partial charge in [-0.25, -0.2) is 4.98 Å². The summed E-state index contributed by atoms with van der Waals surface area (Å²) in [5.74, 6) is 0.993. The number of anilines is 1. The zero-order valence-corrected chi connectivity index (χ0v) is 21.1. The highest BCUT2D eigenvalue weighted by atomic mass is 32.2. The van der Waals surface area contributed by atoms with Crippen molar-refractivity contribution >= 4 is 57.0 Å². The fourth-order valence-electron chi connectivity index (χ4n) is 4.74. The molecular formula is C28H29N3OS2. The lowest BCUT2D eigenvalue weighted by molar-refractivity contribution is -0.122. The van der Waals surface area contributed by atoms with Crippen molar-refractivity contribution in [3.8, 4) is 0 Å². The van der Waals surface area contributed by atoms with Gasteiger partial charge in [0.15, 0.2) is 0 Å². The molecule has 1 amide bonds. The van der Waals surface area contributed by atoms with Gasteiger partial charge >= 0.3 is 0 Å². The molecule has 3 heterocycles. The lowest BCUT2D eigenvalue weighted by Gasteiger charge is -2.29. The molecule has 0 unspecified atom stereocenters. The van der Waals surface area contributed by atoms with E-state index in [1.54, 1.807) is 4.90 Å². The van der Waals surface area contributed by atoms with Crippen molar-refractivity contribution < 1.29 is 4.79 Å². The summed E-state index contributed by atoms with van der Waals surface area (Å²) in [5.41, 5.74) is 4.50. The number of nitrogens with zero attached hydrogens (tertiary/aromatic N) is 3. The smallest absolute Gasteiger partial charge is 0.266 e. The van der Waals surface area contributed by atoms with Crippen molar-refractivity contribution in [1.82, 2.24) is 9.88 Å². The van der Waals surface area contributed by atoms with Crippen molar-refractivity contribution in [2.24, 2.45) is 0 Å². The molecule has 34 heavy (non-hydrogen) atoms. The van der Waals surface area contributed by atoms with Crippen molar-refractivity contribution in [1.29, 1.82) is 0 Å². The van der Waals surface area contributed by atoms with E-state index in [1.807, 2.05) is 12.1 Å². The number of thiocarbonyl (C=S) groups is 1. The zero-order valence-electron chi connectivity index (χ0n) is 19.5. The molecule has 0 radical (unpaired) electrons. The maximum atomic E-state index is 13.3. The third kappa shape index (κ3) is 4.89. The molecule has 0 N–H and O–H groups in total. The number of hydrogen-bond acceptors (Lipinski definition) is 5. The monoisotopic (exact) mass is 487 g/mol. The number of para-hydroxylation sites is 1. The highest BCUT2D eigenvalue weighted by Crippen LogP contribution is 2.36. The van der Waals surface area contributed by atoms with E-state index in [1.165, 1.54) is 42.2 Å². The minimum Gasteiger partial charge on any atom is -0.356 e. The van der Waals surface area contributed by atoms with Gasteiger partial charge in [-0.15, -0.1) is 0 Å². The predicted octanol–water partition coefficient (Wildman–Crippen LogP) is 6.37. The van der Waals surface area contributed by atoms with Gasteiger partial charge in [-0.2, -0.15) is 0 Å². The molecule has 0 spiro atoms. The molecule has 0 saturated carbocycles. The third-order valence-electron chi connectivity index (χ3n) is 6.56. The SMILES string of the molecule is Cc1cccc2cc(/C=C3\SC(=S)N(CCCc4ccccc4)C3=O)c(N3CCCCC3)nc12. The summed E-state index contributed by atoms with van der Waals surface area (Å²) in [5, 5.41) is 1.10. The molecule has 0 bridgehead atoms. The largest absolute Gasteiger partial charge is 0.356 e. The van der Waals surface area contributed by atoms with Crippen molar-refractivity contribution in [2.45, 2.75) is 39.0 Å². The number of aryl methyl sites for hydroxylation is 2. The Hall–Kier alpha value is -2.70. The van der Waals surface area contributed by atoms with Gasteiger partial charge in [-0.05, 0) is 62.3 Å². The molecule has 6 heteroatoms. The van der Waals surface area contributed by atoms with Crippen LogP contribution in [0.5, 0.6) is 0 Å². The first-order valence-electron chi connectivity index (χ1n) is 12.0. The minimum absolute atomic E-state index is 0.0111. The highest BCUT2D eigenvalue weighted by Gasteiger charge is 2.32. The van der Waals surface area contributed by atoms with E-state index in [4.69, 9.17) is 17.2 Å². The van der Waals surface area contributed by atoms with E-state index >= 15 is 0 Å². The van der Waals surface area contributed by atoms with Crippen LogP contribution in [0, 0.1) is 6.92 Å². The molecule has 2 aliphatic heterocycles. The van der Waals surface area contributed by atoms with Crippen LogP contribution in [-0.4, -0.2) is 39.7 Å². The number of carbonyl (C=O) groups is 1. The molecule has 174 valence electrons. The fourth-order valence-corrected chi connectivity index (χ4v) is 6.04. The zero-order chi connectivity index (χ0) is 23.5. The summed E-state index contributed by atoms with van der Waals surface area (Å²) in [6.45, 7) is 4.76. The van der Waals surface area contributed by atoms with Gasteiger partial charge < -0.3 is 4.90 Å². The number of thioether (sulfide) groups is 1. The van der Waals surface area contributed by atoms with Crippen molar-refractivity contribution in [3.05, 3.63) is 76.2 Å². The van der Waals surface area contributed by atoms with Gasteiger partial charge in [0, 0.05) is 30.6 Å². The number of pyridine rings is 1. The maximum absolute atomic E-state index is 13.3. The van der Waals surface area contributed by atoms with Crippen LogP contribution >= 0.6 is 24.0 Å². The molecular weight excluding hydrogens is 458 g/mol. The van der Waals surface area contributed by atoms with E-state index in [2.05, 4.69) is 60.4 Å². The van der Waals surface area contributed by atoms with Gasteiger partial charge in [-0.3, -0.25) is 9.69 Å². The number of benzene rings is 2. The average molecular weight is 488 g/mol. The fraction of sp³-hybridized carbons (Fsp3) is 0.321. The summed E-state index contributed by atoms with van der Waals surface area (Å²) < 4.78 is 0.647. The molecule has 2 saturated heterocycles. The van der Waals surface area contributed by atoms with Gasteiger partial charge in [0.2, 0.25) is 0 Å². The van der Waals surface area contributed by atoms with E-state index < -0.39 is 0 Å². The Bertz CT molecular complexity index is 1250. The first kappa shape index (κ1) is 23.1. The standard InChI is InChI=1S/C28H29N3OS2/c1-20-10-8-14-22-18-23(26(29-25(20)22)30-15-6-3-7-16-30)19-24-27(32)31(28(33)34-24)17-9-13-21-11-4-2-5-12-21/h2,4-5,8,10-12,14,18-19H,3,6-7,9,13,15-17H2,1H3/b24-19-. The molecule has 4 nitrogen and oxygen atoms in total. The van der Waals surface area contributed by atoms with Crippen LogP contribution in [0.1, 0.15) is 42.4 Å². The molecule has 0 aliphatic carbocycles. The van der Waals surface area contributed by atoms with Crippen LogP contribution in [0.15, 0.2) is 59.5 Å². The van der Waals surface area contributed by atoms with E-state index in [0.717, 1.165) is 48.2 Å². The first-order valence-corrected chi connectivity index (χ1v) is 13.3. The minimum atomic E-state index is 0.0111. The molecule has 5 rings (SSSR count). The topological polar surface area (TPSA) is 36.4 Å². The van der Waals surface area contributed by atoms with Crippen LogP contribution < -0.4 is 4.90 Å². The predicted molar refractivity (Wildman–Crippen MR) is 147 cm³/mol. The Balaban J connectivity index is 1.41. The second-order valence-electron chi connectivity index (χ2n) is 9.02. The summed E-state index contributed by atoms with van der Waals surface area (Å²) >= 11 is 7.00. The lowest BCUT2D eigenvalue weighted by Crippen LogP contribution is -2.31. The van der Waals surface area contributed by atoms with Crippen molar-refractivity contribution in [2.75, 3.05) is 24.5 Å². The molecule has 2 fully saturated rings. The van der Waals surface area contributed by atoms with Crippen LogP contribution in [-0.2, 0) is 11.2 Å². The number of aromatic nitrogens is 1. The third-order valence-corrected chi connectivity index (χ3v) is 7.94. The maximum Gasteiger partial charge on any atom is 0.266 e. The lowest BCUT2D eigenvalue weighted by atomic mass is 10.1. The number of hydrogen-bond donors (Lipinski definition) is 0. The first-order chi connectivity index (χ1) is 16.6. The quantitative estimate of drug-likeness (QED) is 0.298. The number of piperidine rings is 1. The molecule has 1 aromatic heterocycles. The summed E-state index contributed by atoms with van der Waals surface area (Å²) in [6.07, 6.45) is 7.45. The average Bonchev–Trinajstić information content (AvgIpc) is 3.12. The van der Waals surface area contributed by atoms with E-state index in [-0.39, 0.29) is 5.91 Å². The van der Waals surface area contributed by atoms with Crippen molar-refractivity contribution in [3.63, 3.8) is 0 Å². The van der Waals surface area contributed by atoms with E-state index in [9.17, 15) is 4.79 Å². The highest BCUT2D eigenvalue weighted by molar-refractivity contribution is 8.26. The summed E-state index contributed by atoms with van der Waals surface area (Å²) in [7, 11) is 0. The Morgan fingerprint density at radius 1 is 1.06 bits per heavy atom. The summed E-state index contributed by atoms with van der Waals surface area (Å²) in [4.78, 5) is 23.2. The summed E-state index contributed by atoms with van der Waals surface area (Å²) in [6, 6.07) is 18.8. The molecule has 3 aromatic rings. The van der Waals surface area contributed by atoms with Crippen LogP contribution in [0.2, 0.25) is 0 Å². The molecule has 2 aromatic carbocycles. The van der Waals surface area contributed by atoms with Gasteiger partial charge in [0.05, 0.1) is 10.4 Å². The Morgan fingerprint density at radius 3 is 2.65 bits per heavy atom.